The zero-order valence-electron chi connectivity index (χ0n) is 20.3. The van der Waals surface area contributed by atoms with Gasteiger partial charge in [0.1, 0.15) is 22.6 Å². The minimum absolute atomic E-state index is 0.00231. The summed E-state index contributed by atoms with van der Waals surface area (Å²) in [6.45, 7) is 8.14. The van der Waals surface area contributed by atoms with Crippen molar-refractivity contribution in [3.8, 4) is 5.75 Å². The van der Waals surface area contributed by atoms with Gasteiger partial charge in [-0.25, -0.2) is 0 Å². The predicted octanol–water partition coefficient (Wildman–Crippen LogP) is 3.87. The van der Waals surface area contributed by atoms with Crippen molar-refractivity contribution < 1.29 is 29.2 Å². The summed E-state index contributed by atoms with van der Waals surface area (Å²) < 4.78 is 18.1. The second-order valence-electron chi connectivity index (χ2n) is 12.2. The molecule has 10 atom stereocenters. The maximum absolute atomic E-state index is 13.2. The molecule has 0 amide bonds. The fourth-order valence-corrected chi connectivity index (χ4v) is 8.30. The Balaban J connectivity index is 1.21. The number of aryl methyl sites for hydroxylation is 1. The molecule has 3 heterocycles. The maximum atomic E-state index is 13.2. The van der Waals surface area contributed by atoms with Crippen LogP contribution in [-0.2, 0) is 25.4 Å². The molecule has 0 bridgehead atoms. The van der Waals surface area contributed by atoms with Gasteiger partial charge in [0.2, 0.25) is 0 Å². The molecule has 6 nitrogen and oxygen atoms in total. The van der Waals surface area contributed by atoms with Crippen LogP contribution in [0.1, 0.15) is 81.9 Å². The number of carbonyl (C=O) groups is 1. The molecule has 34 heavy (non-hydrogen) atoms. The SMILES string of the molecule is C[C@@H](c1cc(O)c2c(c1)CC[C@@H]1[C@H]2C[C@@H]2O[C@@]23CC=CC(=O)[C@]13C)[C@@H]1C[C@]2(C)O[C@]2(C)[C@H](O)O1. The van der Waals surface area contributed by atoms with Crippen LogP contribution in [0.2, 0.25) is 0 Å². The van der Waals surface area contributed by atoms with E-state index in [1.54, 1.807) is 6.08 Å². The summed E-state index contributed by atoms with van der Waals surface area (Å²) in [4.78, 5) is 13.2. The Labute approximate surface area is 200 Å². The van der Waals surface area contributed by atoms with Crippen molar-refractivity contribution in [3.63, 3.8) is 0 Å². The van der Waals surface area contributed by atoms with Gasteiger partial charge in [0.15, 0.2) is 12.1 Å². The van der Waals surface area contributed by atoms with E-state index in [-0.39, 0.29) is 46.9 Å². The van der Waals surface area contributed by atoms with E-state index in [4.69, 9.17) is 14.2 Å². The van der Waals surface area contributed by atoms with Crippen LogP contribution in [-0.4, -0.2) is 51.3 Å². The number of ketones is 1. The number of phenols is 1. The van der Waals surface area contributed by atoms with Crippen molar-refractivity contribution in [3.05, 3.63) is 41.0 Å². The number of allylic oxidation sites excluding steroid dienone is 1. The number of hydrogen-bond acceptors (Lipinski definition) is 6. The zero-order valence-corrected chi connectivity index (χ0v) is 20.3. The van der Waals surface area contributed by atoms with E-state index >= 15 is 0 Å². The van der Waals surface area contributed by atoms with Crippen LogP contribution in [0, 0.1) is 11.3 Å². The molecule has 0 unspecified atom stereocenters. The molecule has 1 spiro atoms. The summed E-state index contributed by atoms with van der Waals surface area (Å²) >= 11 is 0. The normalized spacial score (nSPS) is 50.9. The molecule has 7 rings (SSSR count). The third-order valence-corrected chi connectivity index (χ3v) is 10.8. The van der Waals surface area contributed by atoms with Crippen molar-refractivity contribution >= 4 is 5.78 Å². The summed E-state index contributed by atoms with van der Waals surface area (Å²) in [5, 5.41) is 21.8. The van der Waals surface area contributed by atoms with Gasteiger partial charge in [0, 0.05) is 17.9 Å². The second kappa shape index (κ2) is 6.33. The molecule has 182 valence electrons. The first kappa shape index (κ1) is 21.5. The summed E-state index contributed by atoms with van der Waals surface area (Å²) in [5.74, 6) is 0.801. The van der Waals surface area contributed by atoms with E-state index in [2.05, 4.69) is 19.9 Å². The zero-order chi connectivity index (χ0) is 23.8. The molecule has 1 aromatic carbocycles. The first-order valence-electron chi connectivity index (χ1n) is 12.8. The summed E-state index contributed by atoms with van der Waals surface area (Å²) in [6, 6.07) is 4.10. The Kier molecular flexibility index (Phi) is 4.01. The van der Waals surface area contributed by atoms with Crippen LogP contribution in [0.5, 0.6) is 5.75 Å². The van der Waals surface area contributed by atoms with Crippen molar-refractivity contribution in [1.82, 2.24) is 0 Å². The van der Waals surface area contributed by atoms with Crippen LogP contribution in [0.15, 0.2) is 24.3 Å². The molecule has 4 fully saturated rings. The van der Waals surface area contributed by atoms with Gasteiger partial charge in [0.05, 0.1) is 17.6 Å². The Morgan fingerprint density at radius 2 is 2.00 bits per heavy atom. The highest BCUT2D eigenvalue weighted by atomic mass is 16.7. The molecule has 3 aliphatic heterocycles. The van der Waals surface area contributed by atoms with Gasteiger partial charge >= 0.3 is 0 Å². The highest BCUT2D eigenvalue weighted by Gasteiger charge is 2.76. The van der Waals surface area contributed by atoms with Crippen LogP contribution < -0.4 is 0 Å². The number of rotatable bonds is 2. The summed E-state index contributed by atoms with van der Waals surface area (Å²) in [6.07, 6.45) is 6.82. The highest BCUT2D eigenvalue weighted by Crippen LogP contribution is 2.69. The third-order valence-electron chi connectivity index (χ3n) is 10.8. The standard InChI is InChI=1S/C28H34O6/c1-14(20-13-25(2)27(4,34-25)24(31)32-20)16-10-15-7-8-18-17(23(15)19(29)11-16)12-22-28(33-22)9-5-6-21(30)26(18,28)3/h5-6,10-11,14,17-18,20,22,24,29,31H,7-9,12-13H2,1-4H3/t14-,17+,18+,20-,22-,24+,25-,26-,27+,28-/m0/s1. The van der Waals surface area contributed by atoms with Crippen molar-refractivity contribution in [1.29, 1.82) is 0 Å². The van der Waals surface area contributed by atoms with Crippen LogP contribution >= 0.6 is 0 Å². The topological polar surface area (TPSA) is 91.8 Å². The van der Waals surface area contributed by atoms with Crippen LogP contribution in [0.4, 0.5) is 0 Å². The minimum Gasteiger partial charge on any atom is -0.508 e. The number of epoxide rings is 2. The van der Waals surface area contributed by atoms with Gasteiger partial charge in [-0.15, -0.1) is 0 Å². The lowest BCUT2D eigenvalue weighted by molar-refractivity contribution is -0.187. The van der Waals surface area contributed by atoms with Gasteiger partial charge in [0.25, 0.3) is 0 Å². The lowest BCUT2D eigenvalue weighted by atomic mass is 9.49. The maximum Gasteiger partial charge on any atom is 0.186 e. The first-order chi connectivity index (χ1) is 16.0. The molecule has 0 radical (unpaired) electrons. The van der Waals surface area contributed by atoms with Gasteiger partial charge in [-0.3, -0.25) is 4.79 Å². The summed E-state index contributed by atoms with van der Waals surface area (Å²) in [5.41, 5.74) is 1.35. The van der Waals surface area contributed by atoms with Gasteiger partial charge in [-0.2, -0.15) is 0 Å². The quantitative estimate of drug-likeness (QED) is 0.643. The van der Waals surface area contributed by atoms with Crippen molar-refractivity contribution in [2.24, 2.45) is 11.3 Å². The Morgan fingerprint density at radius 3 is 2.76 bits per heavy atom. The number of carbonyl (C=O) groups excluding carboxylic acids is 1. The van der Waals surface area contributed by atoms with E-state index in [0.29, 0.717) is 12.2 Å². The molecular formula is C28H34O6. The van der Waals surface area contributed by atoms with E-state index in [9.17, 15) is 15.0 Å². The van der Waals surface area contributed by atoms with Crippen LogP contribution in [0.3, 0.4) is 0 Å². The molecule has 1 saturated carbocycles. The molecule has 1 aromatic rings. The third kappa shape index (κ3) is 2.39. The number of aromatic hydroxyl groups is 1. The molecule has 2 N–H and O–H groups in total. The van der Waals surface area contributed by atoms with Crippen LogP contribution in [0.25, 0.3) is 0 Å². The highest BCUT2D eigenvalue weighted by molar-refractivity contribution is 5.98. The monoisotopic (exact) mass is 466 g/mol. The average molecular weight is 467 g/mol. The van der Waals surface area contributed by atoms with E-state index < -0.39 is 17.3 Å². The number of aliphatic hydroxyl groups is 1. The molecule has 6 heteroatoms. The predicted molar refractivity (Wildman–Crippen MR) is 124 cm³/mol. The Morgan fingerprint density at radius 1 is 1.21 bits per heavy atom. The number of hydrogen-bond donors (Lipinski definition) is 2. The smallest absolute Gasteiger partial charge is 0.186 e. The minimum atomic E-state index is -0.949. The molecule has 3 aliphatic carbocycles. The van der Waals surface area contributed by atoms with Crippen molar-refractivity contribution in [2.45, 2.75) is 107 Å². The number of ether oxygens (including phenoxy) is 3. The van der Waals surface area contributed by atoms with Gasteiger partial charge < -0.3 is 24.4 Å². The number of aliphatic hydroxyl groups excluding tert-OH is 1. The fraction of sp³-hybridized carbons (Fsp3) is 0.679. The number of fused-ring (bicyclic) bond motifs is 5. The lowest BCUT2D eigenvalue weighted by Crippen LogP contribution is -2.56. The Hall–Kier alpha value is -1.73. The average Bonchev–Trinajstić information content (AvgIpc) is 3.64. The number of phenolic OH excluding ortho intramolecular Hbond substituents is 1. The fourth-order valence-electron chi connectivity index (χ4n) is 8.30. The van der Waals surface area contributed by atoms with Gasteiger partial charge in [-0.05, 0) is 81.6 Å². The summed E-state index contributed by atoms with van der Waals surface area (Å²) in [7, 11) is 0. The largest absolute Gasteiger partial charge is 0.508 e. The first-order valence-corrected chi connectivity index (χ1v) is 12.8. The van der Waals surface area contributed by atoms with Gasteiger partial charge in [-0.1, -0.05) is 19.1 Å². The van der Waals surface area contributed by atoms with E-state index in [1.165, 1.54) is 5.56 Å². The second-order valence-corrected chi connectivity index (χ2v) is 12.2. The Bertz CT molecular complexity index is 1140. The van der Waals surface area contributed by atoms with E-state index in [0.717, 1.165) is 36.8 Å². The molecule has 6 aliphatic rings. The molecule has 3 saturated heterocycles. The molecule has 0 aromatic heterocycles. The lowest BCUT2D eigenvalue weighted by Gasteiger charge is -2.51. The molecular weight excluding hydrogens is 432 g/mol. The number of benzene rings is 1. The van der Waals surface area contributed by atoms with Crippen molar-refractivity contribution in [2.75, 3.05) is 0 Å². The van der Waals surface area contributed by atoms with E-state index in [1.807, 2.05) is 26.0 Å².